The Bertz CT molecular complexity index is 563. The Morgan fingerprint density at radius 1 is 1.32 bits per heavy atom. The summed E-state index contributed by atoms with van der Waals surface area (Å²) in [4.78, 5) is 8.62. The molecule has 1 aliphatic rings. The Hall–Kier alpha value is -1.72. The maximum absolute atomic E-state index is 4.35. The van der Waals surface area contributed by atoms with Crippen LogP contribution in [0.25, 0.3) is 11.2 Å². The molecule has 6 nitrogen and oxygen atoms in total. The van der Waals surface area contributed by atoms with Crippen molar-refractivity contribution >= 4 is 17.0 Å². The van der Waals surface area contributed by atoms with Gasteiger partial charge >= 0.3 is 0 Å². The van der Waals surface area contributed by atoms with Gasteiger partial charge in [0.05, 0.1) is 0 Å². The number of anilines is 1. The van der Waals surface area contributed by atoms with Crippen LogP contribution in [0.4, 0.5) is 5.82 Å². The Morgan fingerprint density at radius 3 is 2.95 bits per heavy atom. The predicted molar refractivity (Wildman–Crippen MR) is 73.8 cm³/mol. The van der Waals surface area contributed by atoms with E-state index in [9.17, 15) is 0 Å². The monoisotopic (exact) mass is 260 g/mol. The van der Waals surface area contributed by atoms with Gasteiger partial charge in [-0.25, -0.2) is 14.6 Å². The van der Waals surface area contributed by atoms with E-state index in [0.29, 0.717) is 12.0 Å². The summed E-state index contributed by atoms with van der Waals surface area (Å²) in [6.07, 6.45) is 6.71. The largest absolute Gasteiger partial charge is 0.365 e. The van der Waals surface area contributed by atoms with Crippen molar-refractivity contribution < 1.29 is 0 Å². The first kappa shape index (κ1) is 12.3. The van der Waals surface area contributed by atoms with Gasteiger partial charge in [0.25, 0.3) is 0 Å². The van der Waals surface area contributed by atoms with E-state index in [0.717, 1.165) is 23.5 Å². The molecule has 1 fully saturated rings. The highest BCUT2D eigenvalue weighted by Gasteiger charge is 2.22. The lowest BCUT2D eigenvalue weighted by Crippen LogP contribution is -2.30. The van der Waals surface area contributed by atoms with Crippen molar-refractivity contribution in [3.8, 4) is 0 Å². The Balaban J connectivity index is 1.90. The van der Waals surface area contributed by atoms with Crippen LogP contribution in [0.3, 0.4) is 0 Å². The SMILES string of the molecule is CCn1nnc2c(N[C@H]3CCCC[C@H]3C)ncnc21. The molecule has 2 heterocycles. The van der Waals surface area contributed by atoms with Gasteiger partial charge in [-0.2, -0.15) is 0 Å². The van der Waals surface area contributed by atoms with Crippen LogP contribution in [-0.2, 0) is 6.54 Å². The second-order valence-corrected chi connectivity index (χ2v) is 5.31. The van der Waals surface area contributed by atoms with E-state index in [1.165, 1.54) is 25.7 Å². The average Bonchev–Trinajstić information content (AvgIpc) is 2.85. The third kappa shape index (κ3) is 2.27. The highest BCUT2D eigenvalue weighted by atomic mass is 15.4. The number of hydrogen-bond donors (Lipinski definition) is 1. The third-order valence-electron chi connectivity index (χ3n) is 4.03. The average molecular weight is 260 g/mol. The van der Waals surface area contributed by atoms with Crippen molar-refractivity contribution in [1.29, 1.82) is 0 Å². The minimum absolute atomic E-state index is 0.485. The molecule has 2 atom stereocenters. The first-order valence-electron chi connectivity index (χ1n) is 7.10. The molecule has 0 aliphatic heterocycles. The van der Waals surface area contributed by atoms with Gasteiger partial charge in [0.1, 0.15) is 6.33 Å². The van der Waals surface area contributed by atoms with Crippen LogP contribution in [-0.4, -0.2) is 31.0 Å². The van der Waals surface area contributed by atoms with E-state index in [2.05, 4.69) is 32.5 Å². The van der Waals surface area contributed by atoms with E-state index in [1.54, 1.807) is 11.0 Å². The Labute approximate surface area is 112 Å². The molecule has 0 bridgehead atoms. The third-order valence-corrected chi connectivity index (χ3v) is 4.03. The van der Waals surface area contributed by atoms with Gasteiger partial charge in [0, 0.05) is 12.6 Å². The second kappa shape index (κ2) is 5.11. The molecule has 1 saturated carbocycles. The van der Waals surface area contributed by atoms with Crippen molar-refractivity contribution in [3.63, 3.8) is 0 Å². The fourth-order valence-corrected chi connectivity index (χ4v) is 2.82. The van der Waals surface area contributed by atoms with E-state index in [-0.39, 0.29) is 0 Å². The van der Waals surface area contributed by atoms with E-state index < -0.39 is 0 Å². The standard InChI is InChI=1S/C13H20N6/c1-3-19-13-11(17-18-19)12(14-8-15-13)16-10-7-5-4-6-9(10)2/h8-10H,3-7H2,1-2H3,(H,14,15,16)/t9-,10+/m1/s1. The predicted octanol–water partition coefficient (Wildman–Crippen LogP) is 2.23. The second-order valence-electron chi connectivity index (χ2n) is 5.31. The number of nitrogens with zero attached hydrogens (tertiary/aromatic N) is 5. The molecule has 3 rings (SSSR count). The summed E-state index contributed by atoms with van der Waals surface area (Å²) in [5.41, 5.74) is 1.59. The number of rotatable bonds is 3. The lowest BCUT2D eigenvalue weighted by atomic mass is 9.86. The number of aromatic nitrogens is 5. The molecule has 0 spiro atoms. The normalized spacial score (nSPS) is 23.7. The van der Waals surface area contributed by atoms with Crippen molar-refractivity contribution in [3.05, 3.63) is 6.33 Å². The Kier molecular flexibility index (Phi) is 3.31. The van der Waals surface area contributed by atoms with Crippen molar-refractivity contribution in [2.45, 2.75) is 52.1 Å². The quantitative estimate of drug-likeness (QED) is 0.916. The fourth-order valence-electron chi connectivity index (χ4n) is 2.82. The summed E-state index contributed by atoms with van der Waals surface area (Å²) in [5.74, 6) is 1.50. The van der Waals surface area contributed by atoms with Crippen LogP contribution in [0.2, 0.25) is 0 Å². The van der Waals surface area contributed by atoms with Crippen LogP contribution < -0.4 is 5.32 Å². The van der Waals surface area contributed by atoms with E-state index in [1.807, 2.05) is 6.92 Å². The maximum Gasteiger partial charge on any atom is 0.183 e. The van der Waals surface area contributed by atoms with Crippen LogP contribution >= 0.6 is 0 Å². The molecule has 1 N–H and O–H groups in total. The molecule has 19 heavy (non-hydrogen) atoms. The van der Waals surface area contributed by atoms with Crippen molar-refractivity contribution in [2.75, 3.05) is 5.32 Å². The van der Waals surface area contributed by atoms with Crippen LogP contribution in [0, 0.1) is 5.92 Å². The van der Waals surface area contributed by atoms with Crippen LogP contribution in [0.5, 0.6) is 0 Å². The zero-order valence-electron chi connectivity index (χ0n) is 11.5. The summed E-state index contributed by atoms with van der Waals surface area (Å²) in [6, 6.07) is 0.485. The number of hydrogen-bond acceptors (Lipinski definition) is 5. The molecule has 0 amide bonds. The lowest BCUT2D eigenvalue weighted by Gasteiger charge is -2.29. The first-order valence-corrected chi connectivity index (χ1v) is 7.10. The summed E-state index contributed by atoms with van der Waals surface area (Å²) in [7, 11) is 0. The summed E-state index contributed by atoms with van der Waals surface area (Å²) in [6.45, 7) is 5.11. The molecule has 6 heteroatoms. The van der Waals surface area contributed by atoms with Gasteiger partial charge in [-0.15, -0.1) is 5.10 Å². The highest BCUT2D eigenvalue weighted by Crippen LogP contribution is 2.27. The first-order chi connectivity index (χ1) is 9.29. The van der Waals surface area contributed by atoms with Crippen molar-refractivity contribution in [2.24, 2.45) is 5.92 Å². The molecule has 102 valence electrons. The van der Waals surface area contributed by atoms with Gasteiger partial charge in [-0.1, -0.05) is 25.0 Å². The molecule has 2 aromatic rings. The maximum atomic E-state index is 4.35. The van der Waals surface area contributed by atoms with Gasteiger partial charge in [-0.05, 0) is 25.7 Å². The molecule has 0 aromatic carbocycles. The summed E-state index contributed by atoms with van der Waals surface area (Å²) in [5, 5.41) is 11.9. The number of nitrogens with one attached hydrogen (secondary N) is 1. The minimum atomic E-state index is 0.485. The zero-order chi connectivity index (χ0) is 13.2. The smallest absolute Gasteiger partial charge is 0.183 e. The van der Waals surface area contributed by atoms with Crippen LogP contribution in [0.1, 0.15) is 39.5 Å². The van der Waals surface area contributed by atoms with Gasteiger partial charge in [0.15, 0.2) is 17.0 Å². The Morgan fingerprint density at radius 2 is 2.16 bits per heavy atom. The van der Waals surface area contributed by atoms with Gasteiger partial charge in [-0.3, -0.25) is 0 Å². The summed E-state index contributed by atoms with van der Waals surface area (Å²) >= 11 is 0. The number of fused-ring (bicyclic) bond motifs is 1. The molecular formula is C13H20N6. The van der Waals surface area contributed by atoms with Gasteiger partial charge < -0.3 is 5.32 Å². The molecule has 0 unspecified atom stereocenters. The minimum Gasteiger partial charge on any atom is -0.365 e. The molecular weight excluding hydrogens is 240 g/mol. The number of aryl methyl sites for hydroxylation is 1. The molecule has 0 saturated heterocycles. The highest BCUT2D eigenvalue weighted by molar-refractivity contribution is 5.81. The van der Waals surface area contributed by atoms with E-state index >= 15 is 0 Å². The topological polar surface area (TPSA) is 68.5 Å². The van der Waals surface area contributed by atoms with Gasteiger partial charge in [0.2, 0.25) is 0 Å². The molecule has 0 radical (unpaired) electrons. The van der Waals surface area contributed by atoms with Crippen molar-refractivity contribution in [1.82, 2.24) is 25.0 Å². The zero-order valence-corrected chi connectivity index (χ0v) is 11.5. The summed E-state index contributed by atoms with van der Waals surface area (Å²) < 4.78 is 1.80. The van der Waals surface area contributed by atoms with E-state index in [4.69, 9.17) is 0 Å². The molecule has 2 aromatic heterocycles. The fraction of sp³-hybridized carbons (Fsp3) is 0.692. The molecule has 1 aliphatic carbocycles. The lowest BCUT2D eigenvalue weighted by molar-refractivity contribution is 0.349. The van der Waals surface area contributed by atoms with Crippen LogP contribution in [0.15, 0.2) is 6.33 Å².